The van der Waals surface area contributed by atoms with Crippen LogP contribution in [0.1, 0.15) is 44.5 Å². The van der Waals surface area contributed by atoms with E-state index in [1.165, 1.54) is 81.4 Å². The average molecular weight is 1010 g/mol. The Labute approximate surface area is 456 Å². The minimum Gasteiger partial charge on any atom is -0.457 e. The molecule has 0 unspecified atom stereocenters. The highest BCUT2D eigenvalue weighted by atomic mass is 32.1. The van der Waals surface area contributed by atoms with Gasteiger partial charge in [-0.1, -0.05) is 212 Å². The van der Waals surface area contributed by atoms with E-state index in [1.807, 2.05) is 11.3 Å². The van der Waals surface area contributed by atoms with Crippen LogP contribution in [0.25, 0.3) is 64.7 Å². The summed E-state index contributed by atoms with van der Waals surface area (Å²) in [4.78, 5) is 2.48. The standard InChI is InChI=1S/C74H45NO2S/c1-4-24-56-54(19-1)70-50(21-16-30-62(70)73(56)58-26-6-10-33-65(58)76-66-34-11-7-27-59(66)73)46-38-42-48(43-39-46)75(49-44-40-47(41-45-49)51-22-15-23-53-52-18-3-14-37-69(52)78-72(51)53)64-32-17-31-63-71(64)55-20-2-5-25-57(55)74(63)60-28-8-12-35-67(60)77-68-36-13-9-29-61(68)74/h1-45H. The first kappa shape index (κ1) is 43.5. The number of rotatable bonds is 5. The summed E-state index contributed by atoms with van der Waals surface area (Å²) in [6, 6.07) is 100. The van der Waals surface area contributed by atoms with Crippen molar-refractivity contribution < 1.29 is 9.47 Å². The number of anilines is 3. The number of para-hydroxylation sites is 4. The zero-order valence-corrected chi connectivity index (χ0v) is 43.0. The van der Waals surface area contributed by atoms with Crippen molar-refractivity contribution in [3.8, 4) is 67.5 Å². The van der Waals surface area contributed by atoms with E-state index < -0.39 is 10.8 Å². The molecule has 3 heterocycles. The number of thiophene rings is 1. The lowest BCUT2D eigenvalue weighted by Crippen LogP contribution is -2.32. The molecule has 78 heavy (non-hydrogen) atoms. The van der Waals surface area contributed by atoms with Crippen molar-refractivity contribution >= 4 is 48.6 Å². The summed E-state index contributed by atoms with van der Waals surface area (Å²) in [6.45, 7) is 0. The average Bonchev–Trinajstić information content (AvgIpc) is 4.08. The number of nitrogens with zero attached hydrogens (tertiary/aromatic N) is 1. The second kappa shape index (κ2) is 16.4. The van der Waals surface area contributed by atoms with Crippen LogP contribution in [0.15, 0.2) is 273 Å². The second-order valence-electron chi connectivity index (χ2n) is 20.9. The molecule has 1 aromatic heterocycles. The highest BCUT2D eigenvalue weighted by Crippen LogP contribution is 2.66. The van der Waals surface area contributed by atoms with Gasteiger partial charge in [0.1, 0.15) is 23.0 Å². The SMILES string of the molecule is c1ccc2c(c1)Oc1ccccc1C21c2ccccc2-c2c(-c3ccc(N(c4ccc(-c5cccc6c5sc5ccccc56)cc4)c4cccc5c4-c4ccccc4C54c5ccccc5Oc5ccccc54)cc3)cccc21. The minimum absolute atomic E-state index is 0.550. The Morgan fingerprint density at radius 1 is 0.282 bits per heavy atom. The van der Waals surface area contributed by atoms with Crippen LogP contribution in [0, 0.1) is 0 Å². The van der Waals surface area contributed by atoms with E-state index >= 15 is 0 Å². The molecule has 13 aromatic rings. The molecule has 4 heteroatoms. The van der Waals surface area contributed by atoms with Gasteiger partial charge in [-0.2, -0.15) is 0 Å². The molecule has 0 saturated heterocycles. The largest absolute Gasteiger partial charge is 0.457 e. The summed E-state index contributed by atoms with van der Waals surface area (Å²) >= 11 is 1.87. The molecule has 0 bridgehead atoms. The molecule has 0 N–H and O–H groups in total. The Kier molecular flexibility index (Phi) is 9.14. The predicted octanol–water partition coefficient (Wildman–Crippen LogP) is 19.8. The van der Waals surface area contributed by atoms with E-state index in [0.29, 0.717) is 0 Å². The molecule has 17 rings (SSSR count). The molecule has 2 aliphatic heterocycles. The van der Waals surface area contributed by atoms with Crippen LogP contribution in [0.3, 0.4) is 0 Å². The third-order valence-electron chi connectivity index (χ3n) is 17.2. The third kappa shape index (κ3) is 5.76. The Hall–Kier alpha value is -9.74. The molecule has 0 atom stereocenters. The van der Waals surface area contributed by atoms with Crippen LogP contribution in [0.5, 0.6) is 23.0 Å². The van der Waals surface area contributed by atoms with Crippen molar-refractivity contribution in [2.24, 2.45) is 0 Å². The monoisotopic (exact) mass is 1010 g/mol. The zero-order chi connectivity index (χ0) is 51.1. The molecule has 0 amide bonds. The van der Waals surface area contributed by atoms with Gasteiger partial charge in [-0.3, -0.25) is 0 Å². The first-order valence-electron chi connectivity index (χ1n) is 26.8. The quantitative estimate of drug-likeness (QED) is 0.171. The molecule has 0 saturated carbocycles. The van der Waals surface area contributed by atoms with Crippen molar-refractivity contribution in [1.29, 1.82) is 0 Å². The molecule has 0 radical (unpaired) electrons. The van der Waals surface area contributed by atoms with Crippen molar-refractivity contribution in [1.82, 2.24) is 0 Å². The molecular formula is C74H45NO2S. The van der Waals surface area contributed by atoms with E-state index in [9.17, 15) is 0 Å². The van der Waals surface area contributed by atoms with Gasteiger partial charge in [0, 0.05) is 59.4 Å². The Morgan fingerprint density at radius 3 is 1.23 bits per heavy atom. The van der Waals surface area contributed by atoms with Crippen LogP contribution in [0.2, 0.25) is 0 Å². The highest BCUT2D eigenvalue weighted by Gasteiger charge is 2.53. The molecule has 2 aliphatic carbocycles. The molecule has 0 fully saturated rings. The third-order valence-corrected chi connectivity index (χ3v) is 18.5. The second-order valence-corrected chi connectivity index (χ2v) is 22.0. The van der Waals surface area contributed by atoms with Crippen LogP contribution < -0.4 is 14.4 Å². The normalized spacial score (nSPS) is 14.1. The smallest absolute Gasteiger partial charge is 0.132 e. The topological polar surface area (TPSA) is 21.7 Å². The molecular weight excluding hydrogens is 967 g/mol. The van der Waals surface area contributed by atoms with Crippen molar-refractivity contribution in [2.75, 3.05) is 4.90 Å². The Morgan fingerprint density at radius 2 is 0.667 bits per heavy atom. The lowest BCUT2D eigenvalue weighted by atomic mass is 9.66. The molecule has 4 aliphatic rings. The molecule has 12 aromatic carbocycles. The maximum absolute atomic E-state index is 6.75. The Bertz CT molecular complexity index is 4550. The summed E-state index contributed by atoms with van der Waals surface area (Å²) < 4.78 is 16.0. The fourth-order valence-electron chi connectivity index (χ4n) is 14.2. The fourth-order valence-corrected chi connectivity index (χ4v) is 15.4. The number of ether oxygens (including phenoxy) is 2. The van der Waals surface area contributed by atoms with Crippen LogP contribution in [0.4, 0.5) is 17.1 Å². The molecule has 364 valence electrons. The Balaban J connectivity index is 0.867. The van der Waals surface area contributed by atoms with Gasteiger partial charge >= 0.3 is 0 Å². The van der Waals surface area contributed by atoms with E-state index in [1.54, 1.807) is 0 Å². The van der Waals surface area contributed by atoms with Crippen molar-refractivity contribution in [3.05, 3.63) is 317 Å². The first-order valence-corrected chi connectivity index (χ1v) is 27.6. The van der Waals surface area contributed by atoms with Crippen LogP contribution in [-0.2, 0) is 10.8 Å². The van der Waals surface area contributed by atoms with Crippen LogP contribution >= 0.6 is 11.3 Å². The maximum atomic E-state index is 6.75. The van der Waals surface area contributed by atoms with Gasteiger partial charge in [0.2, 0.25) is 0 Å². The summed E-state index contributed by atoms with van der Waals surface area (Å²) in [5.41, 5.74) is 21.5. The highest BCUT2D eigenvalue weighted by molar-refractivity contribution is 7.26. The summed E-state index contributed by atoms with van der Waals surface area (Å²) in [5, 5.41) is 2.60. The van der Waals surface area contributed by atoms with Gasteiger partial charge in [-0.15, -0.1) is 11.3 Å². The van der Waals surface area contributed by atoms with E-state index in [-0.39, 0.29) is 0 Å². The van der Waals surface area contributed by atoms with Crippen molar-refractivity contribution in [2.45, 2.75) is 10.8 Å². The lowest BCUT2D eigenvalue weighted by Gasteiger charge is -2.39. The number of benzene rings is 12. The molecule has 2 spiro atoms. The summed E-state index contributed by atoms with van der Waals surface area (Å²) in [7, 11) is 0. The number of hydrogen-bond acceptors (Lipinski definition) is 4. The van der Waals surface area contributed by atoms with Gasteiger partial charge in [-0.05, 0) is 122 Å². The number of hydrogen-bond donors (Lipinski definition) is 0. The van der Waals surface area contributed by atoms with E-state index in [0.717, 1.165) is 67.9 Å². The fraction of sp³-hybridized carbons (Fsp3) is 0.0270. The van der Waals surface area contributed by atoms with Crippen molar-refractivity contribution in [3.63, 3.8) is 0 Å². The summed E-state index contributed by atoms with van der Waals surface area (Å²) in [6.07, 6.45) is 0. The van der Waals surface area contributed by atoms with Gasteiger partial charge in [0.25, 0.3) is 0 Å². The zero-order valence-electron chi connectivity index (χ0n) is 42.2. The van der Waals surface area contributed by atoms with Crippen LogP contribution in [-0.4, -0.2) is 0 Å². The van der Waals surface area contributed by atoms with Gasteiger partial charge in [0.05, 0.1) is 16.5 Å². The summed E-state index contributed by atoms with van der Waals surface area (Å²) in [5.74, 6) is 3.55. The van der Waals surface area contributed by atoms with Gasteiger partial charge < -0.3 is 14.4 Å². The van der Waals surface area contributed by atoms with E-state index in [2.05, 4.69) is 278 Å². The predicted molar refractivity (Wildman–Crippen MR) is 320 cm³/mol. The minimum atomic E-state index is -0.609. The first-order chi connectivity index (χ1) is 38.7. The number of fused-ring (bicyclic) bond motifs is 21. The lowest BCUT2D eigenvalue weighted by molar-refractivity contribution is 0.436. The maximum Gasteiger partial charge on any atom is 0.132 e. The van der Waals surface area contributed by atoms with Gasteiger partial charge in [0.15, 0.2) is 0 Å². The van der Waals surface area contributed by atoms with Gasteiger partial charge in [-0.25, -0.2) is 0 Å². The van der Waals surface area contributed by atoms with E-state index in [4.69, 9.17) is 9.47 Å². The molecule has 3 nitrogen and oxygen atoms in total.